The highest BCUT2D eigenvalue weighted by Gasteiger charge is 2.52. The fourth-order valence-electron chi connectivity index (χ4n) is 1.94. The molecule has 1 fully saturated rings. The topological polar surface area (TPSA) is 37.3 Å². The van der Waals surface area contributed by atoms with Crippen molar-refractivity contribution >= 4 is 5.78 Å². The number of carbonyl (C=O) groups excluding carboxylic acids is 1. The smallest absolute Gasteiger partial charge is 0.138 e. The quantitative estimate of drug-likeness (QED) is 0.605. The highest BCUT2D eigenvalue weighted by molar-refractivity contribution is 5.84. The molecule has 2 nitrogen and oxygen atoms in total. The van der Waals surface area contributed by atoms with Crippen molar-refractivity contribution in [3.05, 3.63) is 12.2 Å². The van der Waals surface area contributed by atoms with Crippen LogP contribution in [0.2, 0.25) is 0 Å². The Bertz CT molecular complexity index is 240. The lowest BCUT2D eigenvalue weighted by molar-refractivity contribution is -0.137. The van der Waals surface area contributed by atoms with Gasteiger partial charge in [0.15, 0.2) is 0 Å². The Morgan fingerprint density at radius 1 is 1.50 bits per heavy atom. The van der Waals surface area contributed by atoms with Gasteiger partial charge in [-0.15, -0.1) is 0 Å². The van der Waals surface area contributed by atoms with Gasteiger partial charge in [0.1, 0.15) is 5.78 Å². The second kappa shape index (κ2) is 2.43. The summed E-state index contributed by atoms with van der Waals surface area (Å²) in [6.07, 6.45) is 1.17. The van der Waals surface area contributed by atoms with Gasteiger partial charge >= 0.3 is 0 Å². The van der Waals surface area contributed by atoms with Crippen LogP contribution < -0.4 is 0 Å². The maximum atomic E-state index is 11.3. The first-order chi connectivity index (χ1) is 5.29. The number of Topliss-reactive ketones (excluding diaryl/α,β-unsaturated/α-hetero) is 1. The predicted molar refractivity (Wildman–Crippen MR) is 47.8 cm³/mol. The van der Waals surface area contributed by atoms with Crippen molar-refractivity contribution in [1.82, 2.24) is 0 Å². The zero-order chi connectivity index (χ0) is 9.57. The normalized spacial score (nSPS) is 41.8. The molecule has 2 heteroatoms. The summed E-state index contributed by atoms with van der Waals surface area (Å²) in [6.45, 7) is 8.88. The molecule has 2 atom stereocenters. The minimum Gasteiger partial charge on any atom is -0.389 e. The van der Waals surface area contributed by atoms with E-state index >= 15 is 0 Å². The van der Waals surface area contributed by atoms with Crippen LogP contribution >= 0.6 is 0 Å². The molecule has 0 aliphatic heterocycles. The Balaban J connectivity index is 3.05. The van der Waals surface area contributed by atoms with Crippen LogP contribution in [-0.4, -0.2) is 16.5 Å². The molecule has 1 rings (SSSR count). The van der Waals surface area contributed by atoms with Crippen molar-refractivity contribution in [3.63, 3.8) is 0 Å². The van der Waals surface area contributed by atoms with Crippen molar-refractivity contribution < 1.29 is 9.90 Å². The average molecular weight is 168 g/mol. The minimum atomic E-state index is -0.907. The van der Waals surface area contributed by atoms with Crippen molar-refractivity contribution in [2.24, 2.45) is 5.41 Å². The molecule has 0 saturated heterocycles. The molecule has 1 aliphatic rings. The van der Waals surface area contributed by atoms with E-state index in [2.05, 4.69) is 6.58 Å². The molecule has 0 aromatic carbocycles. The maximum absolute atomic E-state index is 11.3. The molecule has 0 bridgehead atoms. The van der Waals surface area contributed by atoms with Gasteiger partial charge in [-0.2, -0.15) is 0 Å². The average Bonchev–Trinajstić information content (AvgIpc) is 2.02. The molecule has 0 amide bonds. The number of hydrogen-bond acceptors (Lipinski definition) is 2. The minimum absolute atomic E-state index is 0.0474. The van der Waals surface area contributed by atoms with Gasteiger partial charge in [-0.3, -0.25) is 4.79 Å². The number of hydrogen-bond donors (Lipinski definition) is 1. The van der Waals surface area contributed by atoms with E-state index in [1.165, 1.54) is 6.92 Å². The molecule has 0 unspecified atom stereocenters. The molecule has 0 radical (unpaired) electrons. The first-order valence-electron chi connectivity index (χ1n) is 4.20. The molecule has 1 N–H and O–H groups in total. The second-order valence-corrected chi connectivity index (χ2v) is 4.27. The number of carbonyl (C=O) groups is 1. The summed E-state index contributed by atoms with van der Waals surface area (Å²) < 4.78 is 0. The lowest BCUT2D eigenvalue weighted by atomic mass is 9.74. The predicted octanol–water partition coefficient (Wildman–Crippen LogP) is 1.68. The van der Waals surface area contributed by atoms with Crippen LogP contribution in [0.1, 0.15) is 33.6 Å². The summed E-state index contributed by atoms with van der Waals surface area (Å²) in [6, 6.07) is 0. The Morgan fingerprint density at radius 3 is 2.17 bits per heavy atom. The molecule has 0 heterocycles. The van der Waals surface area contributed by atoms with Crippen LogP contribution in [0.25, 0.3) is 0 Å². The number of aliphatic hydroxyl groups is 1. The first-order valence-corrected chi connectivity index (χ1v) is 4.20. The zero-order valence-electron chi connectivity index (χ0n) is 7.98. The lowest BCUT2D eigenvalue weighted by Gasteiger charge is -2.33. The van der Waals surface area contributed by atoms with Gasteiger partial charge in [0.05, 0.1) is 11.0 Å². The van der Waals surface area contributed by atoms with E-state index in [1.54, 1.807) is 6.92 Å². The molecular formula is C10H16O2. The van der Waals surface area contributed by atoms with Gasteiger partial charge in [0.25, 0.3) is 0 Å². The van der Waals surface area contributed by atoms with Gasteiger partial charge in [-0.1, -0.05) is 12.2 Å². The van der Waals surface area contributed by atoms with E-state index in [1.807, 2.05) is 6.92 Å². The Hall–Kier alpha value is -0.630. The van der Waals surface area contributed by atoms with E-state index in [9.17, 15) is 9.90 Å². The summed E-state index contributed by atoms with van der Waals surface area (Å²) in [5.74, 6) is 0.0474. The van der Waals surface area contributed by atoms with E-state index in [-0.39, 0.29) is 5.78 Å². The van der Waals surface area contributed by atoms with E-state index in [0.717, 1.165) is 5.57 Å². The fraction of sp³-hybridized carbons (Fsp3) is 0.700. The summed E-state index contributed by atoms with van der Waals surface area (Å²) in [4.78, 5) is 11.3. The van der Waals surface area contributed by atoms with Crippen molar-refractivity contribution in [1.29, 1.82) is 0 Å². The Kier molecular flexibility index (Phi) is 1.91. The van der Waals surface area contributed by atoms with E-state index in [4.69, 9.17) is 0 Å². The summed E-state index contributed by atoms with van der Waals surface area (Å²) in [7, 11) is 0. The van der Waals surface area contributed by atoms with Crippen molar-refractivity contribution in [2.75, 3.05) is 0 Å². The molecule has 1 saturated carbocycles. The van der Waals surface area contributed by atoms with Crippen LogP contribution in [0.4, 0.5) is 0 Å². The molecule has 0 aromatic heterocycles. The van der Waals surface area contributed by atoms with E-state index in [0.29, 0.717) is 12.8 Å². The van der Waals surface area contributed by atoms with Crippen LogP contribution in [0.15, 0.2) is 12.2 Å². The maximum Gasteiger partial charge on any atom is 0.138 e. The SMILES string of the molecule is C=C1C[C@](C)(O)[C@](C)(C(C)=O)C1. The lowest BCUT2D eigenvalue weighted by Crippen LogP contribution is -2.43. The van der Waals surface area contributed by atoms with Crippen LogP contribution in [0, 0.1) is 5.41 Å². The number of rotatable bonds is 1. The molecule has 1 aliphatic carbocycles. The summed E-state index contributed by atoms with van der Waals surface area (Å²) in [5.41, 5.74) is -0.558. The molecular weight excluding hydrogens is 152 g/mol. The second-order valence-electron chi connectivity index (χ2n) is 4.27. The van der Waals surface area contributed by atoms with Gasteiger partial charge < -0.3 is 5.11 Å². The van der Waals surface area contributed by atoms with Gasteiger partial charge in [0, 0.05) is 0 Å². The Morgan fingerprint density at radius 2 is 2.00 bits per heavy atom. The van der Waals surface area contributed by atoms with Gasteiger partial charge in [-0.05, 0) is 33.6 Å². The standard InChI is InChI=1S/C10H16O2/c1-7-5-9(3,8(2)11)10(4,12)6-7/h12H,1,5-6H2,2-4H3/t9-,10-/m0/s1. The monoisotopic (exact) mass is 168 g/mol. The molecule has 0 aromatic rings. The van der Waals surface area contributed by atoms with Crippen molar-refractivity contribution in [3.8, 4) is 0 Å². The van der Waals surface area contributed by atoms with Gasteiger partial charge in [0.2, 0.25) is 0 Å². The fourth-order valence-corrected chi connectivity index (χ4v) is 1.94. The third-order valence-electron chi connectivity index (χ3n) is 3.16. The summed E-state index contributed by atoms with van der Waals surface area (Å²) in [5, 5.41) is 9.97. The zero-order valence-corrected chi connectivity index (χ0v) is 7.98. The summed E-state index contributed by atoms with van der Waals surface area (Å²) >= 11 is 0. The Labute approximate surface area is 73.3 Å². The molecule has 68 valence electrons. The first kappa shape index (κ1) is 9.46. The highest BCUT2D eigenvalue weighted by atomic mass is 16.3. The van der Waals surface area contributed by atoms with Gasteiger partial charge in [-0.25, -0.2) is 0 Å². The third-order valence-corrected chi connectivity index (χ3v) is 3.16. The largest absolute Gasteiger partial charge is 0.389 e. The van der Waals surface area contributed by atoms with Crippen LogP contribution in [0.3, 0.4) is 0 Å². The van der Waals surface area contributed by atoms with Crippen LogP contribution in [0.5, 0.6) is 0 Å². The highest BCUT2D eigenvalue weighted by Crippen LogP contribution is 2.48. The molecule has 12 heavy (non-hydrogen) atoms. The van der Waals surface area contributed by atoms with E-state index < -0.39 is 11.0 Å². The van der Waals surface area contributed by atoms with Crippen LogP contribution in [-0.2, 0) is 4.79 Å². The molecule has 0 spiro atoms. The van der Waals surface area contributed by atoms with Crippen molar-refractivity contribution in [2.45, 2.75) is 39.2 Å². The number of ketones is 1. The third kappa shape index (κ3) is 1.11.